The van der Waals surface area contributed by atoms with Gasteiger partial charge in [0, 0.05) is 18.1 Å². The third-order valence-corrected chi connectivity index (χ3v) is 5.73. The predicted octanol–water partition coefficient (Wildman–Crippen LogP) is 5.42. The van der Waals surface area contributed by atoms with Crippen molar-refractivity contribution in [1.29, 1.82) is 0 Å². The van der Waals surface area contributed by atoms with Crippen LogP contribution in [0.1, 0.15) is 28.8 Å². The second kappa shape index (κ2) is 9.33. The minimum absolute atomic E-state index is 0.0198. The highest BCUT2D eigenvalue weighted by molar-refractivity contribution is 6.31. The summed E-state index contributed by atoms with van der Waals surface area (Å²) >= 11 is 6.39. The molecule has 1 amide bonds. The summed E-state index contributed by atoms with van der Waals surface area (Å²) in [5, 5.41) is 0.660. The molecule has 0 saturated carbocycles. The molecular weight excluding hydrogens is 394 g/mol. The van der Waals surface area contributed by atoms with Gasteiger partial charge in [-0.25, -0.2) is 0 Å². The Bertz CT molecular complexity index is 1020. The molecular formula is C25H26ClN3O. The van der Waals surface area contributed by atoms with Crippen LogP contribution in [-0.4, -0.2) is 25.5 Å². The van der Waals surface area contributed by atoms with Crippen molar-refractivity contribution in [2.24, 2.45) is 5.73 Å². The van der Waals surface area contributed by atoms with E-state index in [4.69, 9.17) is 17.3 Å². The largest absolute Gasteiger partial charge is 0.339 e. The first-order chi connectivity index (χ1) is 14.7. The highest BCUT2D eigenvalue weighted by Gasteiger charge is 2.30. The molecule has 0 fully saturated rings. The molecule has 0 spiro atoms. The first-order valence-corrected chi connectivity index (χ1v) is 10.8. The maximum atomic E-state index is 13.6. The van der Waals surface area contributed by atoms with Crippen molar-refractivity contribution in [3.8, 4) is 0 Å². The van der Waals surface area contributed by atoms with Gasteiger partial charge in [0.25, 0.3) is 5.91 Å². The molecule has 1 aliphatic rings. The van der Waals surface area contributed by atoms with E-state index in [2.05, 4.69) is 17.0 Å². The molecule has 4 nitrogen and oxygen atoms in total. The van der Waals surface area contributed by atoms with Gasteiger partial charge < -0.3 is 15.5 Å². The number of para-hydroxylation sites is 1. The number of hydrogen-bond donors (Lipinski definition) is 1. The fourth-order valence-corrected chi connectivity index (χ4v) is 4.14. The lowest BCUT2D eigenvalue weighted by molar-refractivity contribution is 0.0988. The normalized spacial score (nSPS) is 13.1. The second-order valence-corrected chi connectivity index (χ2v) is 7.93. The maximum absolute atomic E-state index is 13.6. The van der Waals surface area contributed by atoms with E-state index in [1.807, 2.05) is 65.6 Å². The minimum atomic E-state index is 0.0198. The Morgan fingerprint density at radius 3 is 2.33 bits per heavy atom. The van der Waals surface area contributed by atoms with Gasteiger partial charge in [0.1, 0.15) is 0 Å². The number of halogens is 1. The van der Waals surface area contributed by atoms with Crippen molar-refractivity contribution in [3.05, 3.63) is 88.9 Å². The zero-order valence-electron chi connectivity index (χ0n) is 16.9. The predicted molar refractivity (Wildman–Crippen MR) is 125 cm³/mol. The number of unbranched alkanes of at least 4 members (excludes halogenated alkanes) is 1. The van der Waals surface area contributed by atoms with E-state index < -0.39 is 0 Å². The number of hydrogen-bond acceptors (Lipinski definition) is 3. The van der Waals surface area contributed by atoms with Crippen molar-refractivity contribution in [2.45, 2.75) is 19.3 Å². The summed E-state index contributed by atoms with van der Waals surface area (Å²) in [4.78, 5) is 17.7. The molecule has 0 aromatic heterocycles. The molecule has 30 heavy (non-hydrogen) atoms. The fraction of sp³-hybridized carbons (Fsp3) is 0.240. The third-order valence-electron chi connectivity index (χ3n) is 5.49. The molecule has 154 valence electrons. The molecule has 1 heterocycles. The molecule has 2 N–H and O–H groups in total. The topological polar surface area (TPSA) is 49.6 Å². The molecule has 3 aromatic rings. The lowest BCUT2D eigenvalue weighted by atomic mass is 10.1. The number of amides is 1. The zero-order valence-corrected chi connectivity index (χ0v) is 17.7. The smallest absolute Gasteiger partial charge is 0.260 e. The number of fused-ring (bicyclic) bond motifs is 2. The van der Waals surface area contributed by atoms with E-state index in [-0.39, 0.29) is 5.91 Å². The summed E-state index contributed by atoms with van der Waals surface area (Å²) in [6.07, 6.45) is 2.65. The molecule has 4 rings (SSSR count). The number of nitrogens with two attached hydrogens (primary N) is 1. The van der Waals surface area contributed by atoms with Gasteiger partial charge in [0.15, 0.2) is 0 Å². The van der Waals surface area contributed by atoms with Gasteiger partial charge in [-0.15, -0.1) is 0 Å². The van der Waals surface area contributed by atoms with E-state index in [0.29, 0.717) is 23.7 Å². The van der Waals surface area contributed by atoms with Crippen LogP contribution < -0.4 is 15.5 Å². The third kappa shape index (κ3) is 4.20. The van der Waals surface area contributed by atoms with Crippen molar-refractivity contribution in [1.82, 2.24) is 0 Å². The Balaban J connectivity index is 1.77. The van der Waals surface area contributed by atoms with Gasteiger partial charge in [0.05, 0.1) is 22.6 Å². The summed E-state index contributed by atoms with van der Waals surface area (Å²) < 4.78 is 0. The standard InChI is InChI=1S/C25H26ClN3O/c26-20-12-13-23-24(18-20)28(16-7-6-15-27)22-11-5-4-10-21(22)25(30)29(23)17-14-19-8-2-1-3-9-19/h1-5,8-13,18H,6-7,14-17,27H2. The molecule has 0 radical (unpaired) electrons. The molecule has 0 unspecified atom stereocenters. The van der Waals surface area contributed by atoms with Crippen LogP contribution in [0.25, 0.3) is 0 Å². The van der Waals surface area contributed by atoms with Crippen LogP contribution in [0.15, 0.2) is 72.8 Å². The summed E-state index contributed by atoms with van der Waals surface area (Å²) in [6, 6.07) is 23.9. The molecule has 1 aliphatic heterocycles. The Kier molecular flexibility index (Phi) is 6.36. The van der Waals surface area contributed by atoms with Gasteiger partial charge in [0.2, 0.25) is 0 Å². The van der Waals surface area contributed by atoms with Crippen molar-refractivity contribution in [3.63, 3.8) is 0 Å². The van der Waals surface area contributed by atoms with Crippen molar-refractivity contribution < 1.29 is 4.79 Å². The fourth-order valence-electron chi connectivity index (χ4n) is 3.98. The Morgan fingerprint density at radius 2 is 1.53 bits per heavy atom. The summed E-state index contributed by atoms with van der Waals surface area (Å²) in [5.41, 5.74) is 10.4. The average Bonchev–Trinajstić information content (AvgIpc) is 2.87. The highest BCUT2D eigenvalue weighted by atomic mass is 35.5. The molecule has 0 bridgehead atoms. The van der Waals surface area contributed by atoms with E-state index >= 15 is 0 Å². The number of benzene rings is 3. The molecule has 0 aliphatic carbocycles. The lowest BCUT2D eigenvalue weighted by Gasteiger charge is -2.28. The van der Waals surface area contributed by atoms with E-state index in [1.54, 1.807) is 0 Å². The quantitative estimate of drug-likeness (QED) is 0.520. The van der Waals surface area contributed by atoms with Gasteiger partial charge in [-0.05, 0) is 61.7 Å². The maximum Gasteiger partial charge on any atom is 0.260 e. The van der Waals surface area contributed by atoms with Crippen LogP contribution in [-0.2, 0) is 6.42 Å². The number of carbonyl (C=O) groups excluding carboxylic acids is 1. The van der Waals surface area contributed by atoms with Crippen LogP contribution in [0.3, 0.4) is 0 Å². The molecule has 0 atom stereocenters. The number of rotatable bonds is 7. The van der Waals surface area contributed by atoms with Crippen LogP contribution in [0.5, 0.6) is 0 Å². The van der Waals surface area contributed by atoms with E-state index in [1.165, 1.54) is 5.56 Å². The second-order valence-electron chi connectivity index (χ2n) is 7.49. The summed E-state index contributed by atoms with van der Waals surface area (Å²) in [7, 11) is 0. The average molecular weight is 420 g/mol. The van der Waals surface area contributed by atoms with Crippen molar-refractivity contribution in [2.75, 3.05) is 29.4 Å². The molecule has 3 aromatic carbocycles. The summed E-state index contributed by atoms with van der Waals surface area (Å²) in [6.45, 7) is 2.03. The van der Waals surface area contributed by atoms with Crippen molar-refractivity contribution >= 4 is 34.6 Å². The Labute approximate surface area is 182 Å². The monoisotopic (exact) mass is 419 g/mol. The van der Waals surface area contributed by atoms with Gasteiger partial charge in [-0.2, -0.15) is 0 Å². The number of carbonyl (C=O) groups is 1. The number of anilines is 3. The van der Waals surface area contributed by atoms with Gasteiger partial charge in [-0.1, -0.05) is 54.1 Å². The SMILES string of the molecule is NCCCCN1c2ccccc2C(=O)N(CCc2ccccc2)c2ccc(Cl)cc21. The highest BCUT2D eigenvalue weighted by Crippen LogP contribution is 2.42. The van der Waals surface area contributed by atoms with E-state index in [0.717, 1.165) is 42.9 Å². The molecule has 5 heteroatoms. The van der Waals surface area contributed by atoms with Crippen LogP contribution in [0.4, 0.5) is 17.1 Å². The summed E-state index contributed by atoms with van der Waals surface area (Å²) in [5.74, 6) is 0.0198. The lowest BCUT2D eigenvalue weighted by Crippen LogP contribution is -2.32. The minimum Gasteiger partial charge on any atom is -0.339 e. The van der Waals surface area contributed by atoms with Crippen LogP contribution in [0, 0.1) is 0 Å². The first kappa shape index (κ1) is 20.5. The number of nitrogens with zero attached hydrogens (tertiary/aromatic N) is 2. The van der Waals surface area contributed by atoms with Crippen LogP contribution in [0.2, 0.25) is 5.02 Å². The van der Waals surface area contributed by atoms with E-state index in [9.17, 15) is 4.79 Å². The Hall–Kier alpha value is -2.82. The first-order valence-electron chi connectivity index (χ1n) is 10.4. The van der Waals surface area contributed by atoms with Gasteiger partial charge in [-0.3, -0.25) is 4.79 Å². The van der Waals surface area contributed by atoms with Crippen LogP contribution >= 0.6 is 11.6 Å². The Morgan fingerprint density at radius 1 is 0.767 bits per heavy atom. The zero-order chi connectivity index (χ0) is 20.9. The van der Waals surface area contributed by atoms with Gasteiger partial charge >= 0.3 is 0 Å². The molecule has 0 saturated heterocycles.